The van der Waals surface area contributed by atoms with Crippen LogP contribution in [0.3, 0.4) is 0 Å². The molecule has 1 aromatic heterocycles. The lowest BCUT2D eigenvalue weighted by molar-refractivity contribution is 0.471. The van der Waals surface area contributed by atoms with Crippen LogP contribution in [0.25, 0.3) is 0 Å². The molecule has 0 saturated carbocycles. The van der Waals surface area contributed by atoms with Crippen LogP contribution in [0.2, 0.25) is 0 Å². The monoisotopic (exact) mass is 237 g/mol. The molecule has 2 N–H and O–H groups in total. The molecule has 0 spiro atoms. The first-order chi connectivity index (χ1) is 8.22. The van der Waals surface area contributed by atoms with Crippen LogP contribution in [-0.4, -0.2) is 17.0 Å². The topological polar surface area (TPSA) is 40.7 Å². The number of nitrogens with zero attached hydrogens (tertiary/aromatic N) is 1. The number of H-pyrrole nitrogens is 1. The van der Waals surface area contributed by atoms with Crippen molar-refractivity contribution in [2.24, 2.45) is 0 Å². The summed E-state index contributed by atoms with van der Waals surface area (Å²) in [6, 6.07) is 3.87. The molecule has 0 fully saturated rings. The number of likely N-dealkylation sites (N-methyl/N-ethyl adjacent to an activating group) is 1. The van der Waals surface area contributed by atoms with Crippen molar-refractivity contribution in [3.8, 4) is 0 Å². The molecule has 0 aliphatic carbocycles. The van der Waals surface area contributed by atoms with Gasteiger partial charge >= 0.3 is 0 Å². The minimum Gasteiger partial charge on any atom is -0.349 e. The van der Waals surface area contributed by atoms with E-state index in [1.807, 2.05) is 0 Å². The van der Waals surface area contributed by atoms with Crippen molar-refractivity contribution in [1.82, 2.24) is 15.3 Å². The van der Waals surface area contributed by atoms with E-state index in [1.54, 1.807) is 25.5 Å². The maximum atomic E-state index is 13.6. The summed E-state index contributed by atoms with van der Waals surface area (Å²) in [6.45, 7) is 0. The van der Waals surface area contributed by atoms with Crippen LogP contribution in [0.4, 0.5) is 8.78 Å². The Morgan fingerprint density at radius 1 is 1.41 bits per heavy atom. The summed E-state index contributed by atoms with van der Waals surface area (Å²) in [7, 11) is 1.71. The van der Waals surface area contributed by atoms with E-state index in [4.69, 9.17) is 0 Å². The number of halogens is 2. The zero-order valence-electron chi connectivity index (χ0n) is 9.37. The van der Waals surface area contributed by atoms with E-state index in [-0.39, 0.29) is 6.04 Å². The summed E-state index contributed by atoms with van der Waals surface area (Å²) >= 11 is 0. The molecule has 0 aliphatic rings. The lowest BCUT2D eigenvalue weighted by atomic mass is 10.0. The van der Waals surface area contributed by atoms with E-state index >= 15 is 0 Å². The number of benzene rings is 1. The Morgan fingerprint density at radius 3 is 2.88 bits per heavy atom. The number of aromatic amines is 1. The molecular formula is C12H13F2N3. The summed E-state index contributed by atoms with van der Waals surface area (Å²) in [6.07, 6.45) is 3.80. The number of hydrogen-bond donors (Lipinski definition) is 2. The van der Waals surface area contributed by atoms with Crippen molar-refractivity contribution in [1.29, 1.82) is 0 Å². The normalized spacial score (nSPS) is 12.6. The molecule has 3 nitrogen and oxygen atoms in total. The highest BCUT2D eigenvalue weighted by molar-refractivity contribution is 5.23. The molecule has 2 aromatic rings. The second-order valence-corrected chi connectivity index (χ2v) is 3.72. The van der Waals surface area contributed by atoms with Gasteiger partial charge in [0.25, 0.3) is 0 Å². The molecule has 0 radical (unpaired) electrons. The largest absolute Gasteiger partial charge is 0.349 e. The standard InChI is InChI=1S/C12H13F2N3/c1-15-10(7-11-16-5-6-17-11)8-3-2-4-9(13)12(8)14/h2-6,10,15H,7H2,1H3,(H,16,17). The molecule has 1 atom stereocenters. The SMILES string of the molecule is CNC(Cc1ncc[nH]1)c1cccc(F)c1F. The third-order valence-electron chi connectivity index (χ3n) is 2.66. The van der Waals surface area contributed by atoms with Gasteiger partial charge in [-0.2, -0.15) is 0 Å². The molecule has 1 unspecified atom stereocenters. The van der Waals surface area contributed by atoms with Gasteiger partial charge < -0.3 is 10.3 Å². The molecule has 1 heterocycles. The summed E-state index contributed by atoms with van der Waals surface area (Å²) in [4.78, 5) is 7.01. The van der Waals surface area contributed by atoms with Gasteiger partial charge in [-0.15, -0.1) is 0 Å². The maximum Gasteiger partial charge on any atom is 0.163 e. The van der Waals surface area contributed by atoms with E-state index in [0.29, 0.717) is 12.0 Å². The highest BCUT2D eigenvalue weighted by Gasteiger charge is 2.17. The molecule has 0 aliphatic heterocycles. The van der Waals surface area contributed by atoms with E-state index < -0.39 is 11.6 Å². The van der Waals surface area contributed by atoms with Gasteiger partial charge in [-0.25, -0.2) is 13.8 Å². The second-order valence-electron chi connectivity index (χ2n) is 3.72. The number of rotatable bonds is 4. The van der Waals surface area contributed by atoms with Crippen LogP contribution in [-0.2, 0) is 6.42 Å². The predicted octanol–water partition coefficient (Wildman–Crippen LogP) is 2.19. The Kier molecular flexibility index (Phi) is 3.49. The summed E-state index contributed by atoms with van der Waals surface area (Å²) in [5, 5.41) is 2.96. The lowest BCUT2D eigenvalue weighted by Gasteiger charge is -2.16. The van der Waals surface area contributed by atoms with E-state index in [2.05, 4.69) is 15.3 Å². The van der Waals surface area contributed by atoms with Crippen LogP contribution in [0.5, 0.6) is 0 Å². The quantitative estimate of drug-likeness (QED) is 0.855. The van der Waals surface area contributed by atoms with Gasteiger partial charge in [0.2, 0.25) is 0 Å². The molecular weight excluding hydrogens is 224 g/mol. The molecule has 2 rings (SSSR count). The van der Waals surface area contributed by atoms with E-state index in [9.17, 15) is 8.78 Å². The van der Waals surface area contributed by atoms with Crippen LogP contribution in [0.15, 0.2) is 30.6 Å². The average molecular weight is 237 g/mol. The van der Waals surface area contributed by atoms with Gasteiger partial charge in [-0.1, -0.05) is 12.1 Å². The summed E-state index contributed by atoms with van der Waals surface area (Å²) in [5.41, 5.74) is 0.309. The van der Waals surface area contributed by atoms with Crippen molar-refractivity contribution < 1.29 is 8.78 Å². The van der Waals surface area contributed by atoms with Gasteiger partial charge in [-0.3, -0.25) is 0 Å². The second kappa shape index (κ2) is 5.05. The Hall–Kier alpha value is -1.75. The number of imidazole rings is 1. The van der Waals surface area contributed by atoms with Crippen LogP contribution >= 0.6 is 0 Å². The Bertz CT molecular complexity index is 483. The summed E-state index contributed by atoms with van der Waals surface area (Å²) in [5.74, 6) is -0.909. The third-order valence-corrected chi connectivity index (χ3v) is 2.66. The lowest BCUT2D eigenvalue weighted by Crippen LogP contribution is -2.21. The zero-order chi connectivity index (χ0) is 12.3. The van der Waals surface area contributed by atoms with Crippen molar-refractivity contribution in [3.63, 3.8) is 0 Å². The summed E-state index contributed by atoms with van der Waals surface area (Å²) < 4.78 is 26.8. The zero-order valence-corrected chi connectivity index (χ0v) is 9.37. The molecule has 5 heteroatoms. The fraction of sp³-hybridized carbons (Fsp3) is 0.250. The third kappa shape index (κ3) is 2.50. The van der Waals surface area contributed by atoms with Crippen molar-refractivity contribution >= 4 is 0 Å². The first kappa shape index (κ1) is 11.7. The van der Waals surface area contributed by atoms with Crippen molar-refractivity contribution in [2.75, 3.05) is 7.05 Å². The van der Waals surface area contributed by atoms with Crippen LogP contribution in [0.1, 0.15) is 17.4 Å². The smallest absolute Gasteiger partial charge is 0.163 e. The van der Waals surface area contributed by atoms with E-state index in [1.165, 1.54) is 6.07 Å². The average Bonchev–Trinajstić information content (AvgIpc) is 2.83. The van der Waals surface area contributed by atoms with Gasteiger partial charge in [0.1, 0.15) is 5.82 Å². The van der Waals surface area contributed by atoms with Gasteiger partial charge in [-0.05, 0) is 13.1 Å². The minimum atomic E-state index is -0.831. The molecule has 0 saturated heterocycles. The van der Waals surface area contributed by atoms with E-state index in [0.717, 1.165) is 11.9 Å². The van der Waals surface area contributed by atoms with Gasteiger partial charge in [0.15, 0.2) is 11.6 Å². The fourth-order valence-corrected chi connectivity index (χ4v) is 1.76. The molecule has 0 amide bonds. The van der Waals surface area contributed by atoms with Crippen molar-refractivity contribution in [3.05, 3.63) is 53.6 Å². The Labute approximate surface area is 97.9 Å². The Balaban J connectivity index is 2.26. The molecule has 0 bridgehead atoms. The fourth-order valence-electron chi connectivity index (χ4n) is 1.76. The first-order valence-corrected chi connectivity index (χ1v) is 5.31. The predicted molar refractivity (Wildman–Crippen MR) is 60.5 cm³/mol. The highest BCUT2D eigenvalue weighted by atomic mass is 19.2. The maximum absolute atomic E-state index is 13.6. The minimum absolute atomic E-state index is 0.308. The first-order valence-electron chi connectivity index (χ1n) is 5.31. The van der Waals surface area contributed by atoms with Crippen LogP contribution in [0, 0.1) is 11.6 Å². The van der Waals surface area contributed by atoms with Crippen LogP contribution < -0.4 is 5.32 Å². The number of nitrogens with one attached hydrogen (secondary N) is 2. The van der Waals surface area contributed by atoms with Gasteiger partial charge in [0, 0.05) is 30.4 Å². The van der Waals surface area contributed by atoms with Gasteiger partial charge in [0.05, 0.1) is 0 Å². The Morgan fingerprint density at radius 2 is 2.24 bits per heavy atom. The van der Waals surface area contributed by atoms with Crippen molar-refractivity contribution in [2.45, 2.75) is 12.5 Å². The molecule has 1 aromatic carbocycles. The highest BCUT2D eigenvalue weighted by Crippen LogP contribution is 2.21. The molecule has 90 valence electrons. The number of aromatic nitrogens is 2. The number of hydrogen-bond acceptors (Lipinski definition) is 2. The molecule has 17 heavy (non-hydrogen) atoms.